The van der Waals surface area contributed by atoms with Gasteiger partial charge < -0.3 is 4.74 Å². The van der Waals surface area contributed by atoms with E-state index in [0.717, 1.165) is 12.8 Å². The van der Waals surface area contributed by atoms with Crippen molar-refractivity contribution in [3.63, 3.8) is 0 Å². The highest BCUT2D eigenvalue weighted by Gasteiger charge is 2.30. The molecule has 1 fully saturated rings. The Labute approximate surface area is 178 Å². The molecule has 1 saturated heterocycles. The molecule has 3 heteroatoms. The van der Waals surface area contributed by atoms with E-state index >= 15 is 0 Å². The zero-order chi connectivity index (χ0) is 20.9. The maximum absolute atomic E-state index is 14.5. The molecule has 0 spiro atoms. The first-order valence-corrected chi connectivity index (χ1v) is 11.2. The number of benzene rings is 2. The summed E-state index contributed by atoms with van der Waals surface area (Å²) in [5, 5.41) is 0. The molecule has 30 heavy (non-hydrogen) atoms. The van der Waals surface area contributed by atoms with Gasteiger partial charge in [-0.15, -0.1) is 0 Å². The molecule has 1 nitrogen and oxygen atoms in total. The molecule has 158 valence electrons. The van der Waals surface area contributed by atoms with Crippen LogP contribution in [0.25, 0.3) is 11.1 Å². The topological polar surface area (TPSA) is 12.5 Å². The van der Waals surface area contributed by atoms with Gasteiger partial charge >= 0.3 is 0 Å². The van der Waals surface area contributed by atoms with Crippen molar-refractivity contribution in [3.8, 4) is 11.1 Å². The first kappa shape index (κ1) is 21.0. The van der Waals surface area contributed by atoms with Gasteiger partial charge in [0.15, 0.2) is 11.6 Å². The largest absolute Gasteiger partial charge is 0.368 e. The van der Waals surface area contributed by atoms with Crippen molar-refractivity contribution in [2.45, 2.75) is 58.0 Å². The molecule has 0 aromatic heterocycles. The van der Waals surface area contributed by atoms with Gasteiger partial charge in [-0.3, -0.25) is 0 Å². The third-order valence-electron chi connectivity index (χ3n) is 6.18. The number of epoxide rings is 1. The van der Waals surface area contributed by atoms with Gasteiger partial charge in [0.05, 0.1) is 6.61 Å². The zero-order valence-corrected chi connectivity index (χ0v) is 17.7. The smallest absolute Gasteiger partial charge is 0.167 e. The number of rotatable bonds is 8. The molecule has 4 rings (SSSR count). The minimum Gasteiger partial charge on any atom is -0.368 e. The molecule has 2 aromatic carbocycles. The van der Waals surface area contributed by atoms with Crippen LogP contribution >= 0.6 is 0 Å². The third-order valence-corrected chi connectivity index (χ3v) is 6.18. The Morgan fingerprint density at radius 3 is 2.50 bits per heavy atom. The van der Waals surface area contributed by atoms with Gasteiger partial charge in [0.1, 0.15) is 6.10 Å². The first-order valence-electron chi connectivity index (χ1n) is 11.2. The second-order valence-corrected chi connectivity index (χ2v) is 8.46. The maximum Gasteiger partial charge on any atom is 0.167 e. The second kappa shape index (κ2) is 9.70. The molecule has 0 bridgehead atoms. The number of aryl methyl sites for hydroxylation is 1. The summed E-state index contributed by atoms with van der Waals surface area (Å²) in [6, 6.07) is 11.1. The summed E-state index contributed by atoms with van der Waals surface area (Å²) >= 11 is 0. The van der Waals surface area contributed by atoms with E-state index in [1.54, 1.807) is 17.7 Å². The molecule has 2 unspecified atom stereocenters. The average Bonchev–Trinajstić information content (AvgIpc) is 3.60. The zero-order valence-electron chi connectivity index (χ0n) is 17.7. The van der Waals surface area contributed by atoms with Crippen LogP contribution in [0.5, 0.6) is 0 Å². The molecule has 0 N–H and O–H groups in total. The SMILES string of the molecule is CCCC1=CCC(/C=C/CCc2ccc(-c3ccc(C4CO4)c(F)c3F)cc2)CC1. The molecule has 1 heterocycles. The van der Waals surface area contributed by atoms with Crippen LogP contribution in [0.15, 0.2) is 60.2 Å². The molecular formula is C27H30F2O. The normalized spacial score (nSPS) is 21.1. The lowest BCUT2D eigenvalue weighted by Gasteiger charge is -2.18. The monoisotopic (exact) mass is 408 g/mol. The number of allylic oxidation sites excluding steroid dienone is 4. The predicted molar refractivity (Wildman–Crippen MR) is 118 cm³/mol. The standard InChI is InChI=1S/C27H30F2O/c1-2-5-19-8-10-20(11-9-19)6-3-4-7-21-12-14-22(15-13-21)23-16-17-24(25-18-30-25)27(29)26(23)28/h3,6,8,12-17,20,25H,2,4-5,7,9-11,18H2,1H3/b6-3+. The Morgan fingerprint density at radius 2 is 1.83 bits per heavy atom. The summed E-state index contributed by atoms with van der Waals surface area (Å²) in [6.45, 7) is 2.71. The molecule has 0 amide bonds. The fraction of sp³-hybridized carbons (Fsp3) is 0.407. The molecule has 0 saturated carbocycles. The highest BCUT2D eigenvalue weighted by atomic mass is 19.2. The van der Waals surface area contributed by atoms with Crippen molar-refractivity contribution < 1.29 is 13.5 Å². The fourth-order valence-electron chi connectivity index (χ4n) is 4.29. The summed E-state index contributed by atoms with van der Waals surface area (Å²) < 4.78 is 33.8. The number of ether oxygens (including phenoxy) is 1. The van der Waals surface area contributed by atoms with Crippen molar-refractivity contribution in [2.24, 2.45) is 5.92 Å². The summed E-state index contributed by atoms with van der Waals surface area (Å²) in [4.78, 5) is 0. The highest BCUT2D eigenvalue weighted by Crippen LogP contribution is 2.35. The minimum atomic E-state index is -0.790. The molecule has 1 aliphatic carbocycles. The minimum absolute atomic E-state index is 0.285. The van der Waals surface area contributed by atoms with E-state index in [1.807, 2.05) is 24.3 Å². The number of halogens is 2. The second-order valence-electron chi connectivity index (χ2n) is 8.46. The Morgan fingerprint density at radius 1 is 1.03 bits per heavy atom. The van der Waals surface area contributed by atoms with Gasteiger partial charge in [0, 0.05) is 11.1 Å². The van der Waals surface area contributed by atoms with E-state index in [0.29, 0.717) is 29.2 Å². The van der Waals surface area contributed by atoms with Gasteiger partial charge in [-0.25, -0.2) is 8.78 Å². The Balaban J connectivity index is 1.31. The van der Waals surface area contributed by atoms with Crippen molar-refractivity contribution in [3.05, 3.63) is 83.0 Å². The maximum atomic E-state index is 14.5. The summed E-state index contributed by atoms with van der Waals surface area (Å²) in [7, 11) is 0. The first-order chi connectivity index (χ1) is 14.7. The van der Waals surface area contributed by atoms with Crippen LogP contribution in [-0.4, -0.2) is 6.61 Å². The summed E-state index contributed by atoms with van der Waals surface area (Å²) in [5.41, 5.74) is 4.16. The van der Waals surface area contributed by atoms with Crippen LogP contribution in [0.3, 0.4) is 0 Å². The van der Waals surface area contributed by atoms with Crippen LogP contribution in [0.4, 0.5) is 8.78 Å². The lowest BCUT2D eigenvalue weighted by atomic mass is 9.87. The van der Waals surface area contributed by atoms with Crippen molar-refractivity contribution in [2.75, 3.05) is 6.61 Å². The van der Waals surface area contributed by atoms with Gasteiger partial charge in [0.25, 0.3) is 0 Å². The van der Waals surface area contributed by atoms with Crippen LogP contribution < -0.4 is 0 Å². The molecular weight excluding hydrogens is 378 g/mol. The quantitative estimate of drug-likeness (QED) is 0.322. The highest BCUT2D eigenvalue weighted by molar-refractivity contribution is 5.65. The van der Waals surface area contributed by atoms with Gasteiger partial charge in [0.2, 0.25) is 0 Å². The average molecular weight is 409 g/mol. The van der Waals surface area contributed by atoms with Gasteiger partial charge in [-0.05, 0) is 55.6 Å². The van der Waals surface area contributed by atoms with Crippen LogP contribution in [-0.2, 0) is 11.2 Å². The Bertz CT molecular complexity index is 923. The lowest BCUT2D eigenvalue weighted by Crippen LogP contribution is -2.02. The van der Waals surface area contributed by atoms with E-state index in [1.165, 1.54) is 37.7 Å². The van der Waals surface area contributed by atoms with Crippen molar-refractivity contribution in [1.29, 1.82) is 0 Å². The molecule has 0 radical (unpaired) electrons. The molecule has 1 aliphatic heterocycles. The van der Waals surface area contributed by atoms with E-state index < -0.39 is 11.6 Å². The van der Waals surface area contributed by atoms with E-state index in [-0.39, 0.29) is 6.10 Å². The van der Waals surface area contributed by atoms with Gasteiger partial charge in [-0.2, -0.15) is 0 Å². The Kier molecular flexibility index (Phi) is 6.79. The van der Waals surface area contributed by atoms with Crippen molar-refractivity contribution in [1.82, 2.24) is 0 Å². The van der Waals surface area contributed by atoms with Crippen LogP contribution in [0.1, 0.15) is 62.7 Å². The van der Waals surface area contributed by atoms with E-state index in [4.69, 9.17) is 4.74 Å². The third kappa shape index (κ3) is 5.07. The van der Waals surface area contributed by atoms with Crippen LogP contribution in [0, 0.1) is 17.6 Å². The molecule has 2 atom stereocenters. The molecule has 2 aliphatic rings. The fourth-order valence-corrected chi connectivity index (χ4v) is 4.29. The van der Waals surface area contributed by atoms with Crippen molar-refractivity contribution >= 4 is 0 Å². The van der Waals surface area contributed by atoms with Crippen LogP contribution in [0.2, 0.25) is 0 Å². The Hall–Kier alpha value is -2.26. The van der Waals surface area contributed by atoms with E-state index in [9.17, 15) is 8.78 Å². The number of hydrogen-bond acceptors (Lipinski definition) is 1. The predicted octanol–water partition coefficient (Wildman–Crippen LogP) is 7.72. The molecule has 2 aromatic rings. The van der Waals surface area contributed by atoms with E-state index in [2.05, 4.69) is 25.2 Å². The summed E-state index contributed by atoms with van der Waals surface area (Å²) in [5.74, 6) is -0.902. The number of hydrogen-bond donors (Lipinski definition) is 0. The summed E-state index contributed by atoms with van der Waals surface area (Å²) in [6.07, 6.45) is 15.0. The lowest BCUT2D eigenvalue weighted by molar-refractivity contribution is 0.401. The van der Waals surface area contributed by atoms with Gasteiger partial charge in [-0.1, -0.05) is 73.5 Å².